The highest BCUT2D eigenvalue weighted by molar-refractivity contribution is 5.79. The number of hydrogen-bond acceptors (Lipinski definition) is 3. The minimum Gasteiger partial charge on any atom is -0.397 e. The highest BCUT2D eigenvalue weighted by Crippen LogP contribution is 2.15. The number of methoxy groups -OCH3 is 1. The zero-order valence-corrected chi connectivity index (χ0v) is 7.37. The van der Waals surface area contributed by atoms with Crippen molar-refractivity contribution in [2.75, 3.05) is 12.8 Å². The van der Waals surface area contributed by atoms with Crippen LogP contribution in [-0.2, 0) is 11.3 Å². The second-order valence-electron chi connectivity index (χ2n) is 2.93. The van der Waals surface area contributed by atoms with Crippen LogP contribution in [0.4, 0.5) is 5.69 Å². The molecule has 0 saturated heterocycles. The van der Waals surface area contributed by atoms with Gasteiger partial charge in [-0.15, -0.1) is 0 Å². The molecule has 0 saturated carbocycles. The average Bonchev–Trinajstić information content (AvgIpc) is 2.46. The van der Waals surface area contributed by atoms with Gasteiger partial charge in [0.05, 0.1) is 18.5 Å². The summed E-state index contributed by atoms with van der Waals surface area (Å²) in [5.41, 5.74) is 8.13. The fourth-order valence-corrected chi connectivity index (χ4v) is 1.32. The number of rotatable bonds is 2. The van der Waals surface area contributed by atoms with Gasteiger partial charge in [0.25, 0.3) is 0 Å². The first-order chi connectivity index (χ1) is 6.29. The number of H-pyrrole nitrogens is 1. The summed E-state index contributed by atoms with van der Waals surface area (Å²) in [4.78, 5) is 7.28. The Hall–Kier alpha value is -1.55. The maximum atomic E-state index is 5.60. The van der Waals surface area contributed by atoms with Crippen LogP contribution < -0.4 is 5.73 Å². The van der Waals surface area contributed by atoms with Crippen LogP contribution >= 0.6 is 0 Å². The number of nitrogens with zero attached hydrogens (tertiary/aromatic N) is 1. The molecule has 4 heteroatoms. The van der Waals surface area contributed by atoms with Crippen molar-refractivity contribution in [2.24, 2.45) is 0 Å². The molecule has 0 atom stereocenters. The lowest BCUT2D eigenvalue weighted by Crippen LogP contribution is -1.86. The van der Waals surface area contributed by atoms with Crippen LogP contribution in [0.5, 0.6) is 0 Å². The SMILES string of the molecule is COCc1cc2cc(N)cnc2[nH]1. The number of hydrogen-bond donors (Lipinski definition) is 2. The summed E-state index contributed by atoms with van der Waals surface area (Å²) < 4.78 is 5.00. The third kappa shape index (κ3) is 1.48. The van der Waals surface area contributed by atoms with Crippen molar-refractivity contribution in [3.8, 4) is 0 Å². The average molecular weight is 177 g/mol. The van der Waals surface area contributed by atoms with Gasteiger partial charge in [0.2, 0.25) is 0 Å². The Balaban J connectivity index is 2.49. The highest BCUT2D eigenvalue weighted by atomic mass is 16.5. The molecular formula is C9H11N3O. The zero-order valence-electron chi connectivity index (χ0n) is 7.37. The second kappa shape index (κ2) is 3.06. The van der Waals surface area contributed by atoms with E-state index in [0.717, 1.165) is 16.7 Å². The van der Waals surface area contributed by atoms with Crippen molar-refractivity contribution in [1.29, 1.82) is 0 Å². The van der Waals surface area contributed by atoms with Crippen molar-refractivity contribution in [1.82, 2.24) is 9.97 Å². The van der Waals surface area contributed by atoms with Gasteiger partial charge in [-0.25, -0.2) is 4.98 Å². The van der Waals surface area contributed by atoms with Crippen molar-refractivity contribution in [2.45, 2.75) is 6.61 Å². The predicted octanol–water partition coefficient (Wildman–Crippen LogP) is 1.29. The Labute approximate surface area is 75.7 Å². The summed E-state index contributed by atoms with van der Waals surface area (Å²) in [7, 11) is 1.66. The van der Waals surface area contributed by atoms with Gasteiger partial charge in [-0.1, -0.05) is 0 Å². The number of nitrogen functional groups attached to an aromatic ring is 1. The topological polar surface area (TPSA) is 63.9 Å². The Morgan fingerprint density at radius 2 is 2.38 bits per heavy atom. The summed E-state index contributed by atoms with van der Waals surface area (Å²) >= 11 is 0. The molecule has 2 aromatic rings. The molecule has 0 radical (unpaired) electrons. The summed E-state index contributed by atoms with van der Waals surface area (Å²) in [6.07, 6.45) is 1.63. The van der Waals surface area contributed by atoms with E-state index in [-0.39, 0.29) is 0 Å². The van der Waals surface area contributed by atoms with Gasteiger partial charge in [0, 0.05) is 18.2 Å². The Morgan fingerprint density at radius 3 is 3.15 bits per heavy atom. The van der Waals surface area contributed by atoms with Crippen molar-refractivity contribution in [3.63, 3.8) is 0 Å². The number of anilines is 1. The summed E-state index contributed by atoms with van der Waals surface area (Å²) in [5.74, 6) is 0. The first kappa shape index (κ1) is 8.07. The molecule has 0 fully saturated rings. The van der Waals surface area contributed by atoms with Gasteiger partial charge >= 0.3 is 0 Å². The monoisotopic (exact) mass is 177 g/mol. The van der Waals surface area contributed by atoms with Crippen LogP contribution in [0.15, 0.2) is 18.3 Å². The molecule has 0 unspecified atom stereocenters. The van der Waals surface area contributed by atoms with Crippen LogP contribution in [0.3, 0.4) is 0 Å². The third-order valence-corrected chi connectivity index (χ3v) is 1.85. The molecular weight excluding hydrogens is 166 g/mol. The number of aromatic amines is 1. The van der Waals surface area contributed by atoms with E-state index in [9.17, 15) is 0 Å². The normalized spacial score (nSPS) is 10.8. The molecule has 0 amide bonds. The molecule has 0 aromatic carbocycles. The molecule has 0 bridgehead atoms. The first-order valence-corrected chi connectivity index (χ1v) is 4.01. The molecule has 2 aromatic heterocycles. The van der Waals surface area contributed by atoms with Crippen LogP contribution in [-0.4, -0.2) is 17.1 Å². The van der Waals surface area contributed by atoms with Gasteiger partial charge < -0.3 is 15.5 Å². The van der Waals surface area contributed by atoms with Gasteiger partial charge in [-0.05, 0) is 12.1 Å². The van der Waals surface area contributed by atoms with Crippen LogP contribution in [0.2, 0.25) is 0 Å². The predicted molar refractivity (Wildman–Crippen MR) is 51.2 cm³/mol. The lowest BCUT2D eigenvalue weighted by molar-refractivity contribution is 0.182. The number of pyridine rings is 1. The van der Waals surface area contributed by atoms with E-state index in [4.69, 9.17) is 10.5 Å². The molecule has 0 aliphatic carbocycles. The zero-order chi connectivity index (χ0) is 9.26. The van der Waals surface area contributed by atoms with E-state index >= 15 is 0 Å². The van der Waals surface area contributed by atoms with Gasteiger partial charge in [0.15, 0.2) is 0 Å². The van der Waals surface area contributed by atoms with Gasteiger partial charge in [0.1, 0.15) is 5.65 Å². The lowest BCUT2D eigenvalue weighted by Gasteiger charge is -1.91. The van der Waals surface area contributed by atoms with E-state index in [1.54, 1.807) is 13.3 Å². The smallest absolute Gasteiger partial charge is 0.137 e. The number of ether oxygens (including phenoxy) is 1. The number of nitrogens with two attached hydrogens (primary N) is 1. The van der Waals surface area contributed by atoms with Crippen LogP contribution in [0.25, 0.3) is 11.0 Å². The standard InChI is InChI=1S/C9H11N3O/c1-13-5-8-3-6-2-7(10)4-11-9(6)12-8/h2-4H,5,10H2,1H3,(H,11,12). The fraction of sp³-hybridized carbons (Fsp3) is 0.222. The molecule has 13 heavy (non-hydrogen) atoms. The van der Waals surface area contributed by atoms with Crippen molar-refractivity contribution in [3.05, 3.63) is 24.0 Å². The first-order valence-electron chi connectivity index (χ1n) is 4.01. The number of nitrogens with one attached hydrogen (secondary N) is 1. The van der Waals surface area contributed by atoms with E-state index < -0.39 is 0 Å². The molecule has 4 nitrogen and oxygen atoms in total. The lowest BCUT2D eigenvalue weighted by atomic mass is 10.3. The summed E-state index contributed by atoms with van der Waals surface area (Å²) in [6.45, 7) is 0.566. The molecule has 2 rings (SSSR count). The maximum Gasteiger partial charge on any atom is 0.137 e. The summed E-state index contributed by atoms with van der Waals surface area (Å²) in [5, 5.41) is 1.02. The highest BCUT2D eigenvalue weighted by Gasteiger charge is 2.00. The molecule has 3 N–H and O–H groups in total. The van der Waals surface area contributed by atoms with E-state index in [1.807, 2.05) is 12.1 Å². The number of fused-ring (bicyclic) bond motifs is 1. The van der Waals surface area contributed by atoms with Crippen LogP contribution in [0.1, 0.15) is 5.69 Å². The molecule has 0 spiro atoms. The Bertz CT molecular complexity index is 422. The minimum atomic E-state index is 0.566. The third-order valence-electron chi connectivity index (χ3n) is 1.85. The van der Waals surface area contributed by atoms with Gasteiger partial charge in [-0.2, -0.15) is 0 Å². The van der Waals surface area contributed by atoms with Crippen molar-refractivity contribution >= 4 is 16.7 Å². The molecule has 0 aliphatic rings. The van der Waals surface area contributed by atoms with E-state index in [2.05, 4.69) is 9.97 Å². The number of aromatic nitrogens is 2. The van der Waals surface area contributed by atoms with Crippen LogP contribution in [0, 0.1) is 0 Å². The van der Waals surface area contributed by atoms with E-state index in [0.29, 0.717) is 12.3 Å². The Kier molecular flexibility index (Phi) is 1.90. The second-order valence-corrected chi connectivity index (χ2v) is 2.93. The Morgan fingerprint density at radius 1 is 1.54 bits per heavy atom. The van der Waals surface area contributed by atoms with Gasteiger partial charge in [-0.3, -0.25) is 0 Å². The largest absolute Gasteiger partial charge is 0.397 e. The maximum absolute atomic E-state index is 5.60. The quantitative estimate of drug-likeness (QED) is 0.726. The fourth-order valence-electron chi connectivity index (χ4n) is 1.32. The minimum absolute atomic E-state index is 0.566. The molecule has 2 heterocycles. The van der Waals surface area contributed by atoms with Crippen molar-refractivity contribution < 1.29 is 4.74 Å². The van der Waals surface area contributed by atoms with E-state index in [1.165, 1.54) is 0 Å². The molecule has 68 valence electrons. The summed E-state index contributed by atoms with van der Waals surface area (Å²) in [6, 6.07) is 3.88. The molecule has 0 aliphatic heterocycles.